The Labute approximate surface area is 168 Å². The smallest absolute Gasteiger partial charge is 0.412 e. The highest BCUT2D eigenvalue weighted by Gasteiger charge is 2.17. The van der Waals surface area contributed by atoms with Gasteiger partial charge in [0.25, 0.3) is 5.19 Å². The first-order valence-corrected chi connectivity index (χ1v) is 9.82. The maximum absolute atomic E-state index is 11.9. The average Bonchev–Trinajstić information content (AvgIpc) is 2.96. The van der Waals surface area contributed by atoms with Crippen molar-refractivity contribution >= 4 is 44.9 Å². The van der Waals surface area contributed by atoms with E-state index >= 15 is 0 Å². The number of carbonyl (C=O) groups excluding carboxylic acids is 1. The molecule has 0 bridgehead atoms. The second kappa shape index (κ2) is 9.06. The van der Waals surface area contributed by atoms with E-state index < -0.39 is 11.7 Å². The van der Waals surface area contributed by atoms with Crippen LogP contribution in [0.25, 0.3) is 10.2 Å². The van der Waals surface area contributed by atoms with Crippen LogP contribution in [0.1, 0.15) is 34.6 Å². The molecule has 1 amide bonds. The fraction of sp³-hybridized carbons (Fsp3) is 0.300. The second-order valence-electron chi connectivity index (χ2n) is 6.35. The summed E-state index contributed by atoms with van der Waals surface area (Å²) in [5, 5.41) is 3.59. The number of rotatable bonds is 3. The molecule has 1 aromatic heterocycles. The highest BCUT2D eigenvalue weighted by molar-refractivity contribution is 7.20. The largest absolute Gasteiger partial charge is 0.444 e. The lowest BCUT2D eigenvalue weighted by Crippen LogP contribution is -2.27. The van der Waals surface area contributed by atoms with Crippen LogP contribution in [0, 0.1) is 0 Å². The molecule has 0 aliphatic carbocycles. The fourth-order valence-electron chi connectivity index (χ4n) is 2.11. The van der Waals surface area contributed by atoms with Gasteiger partial charge in [-0.3, -0.25) is 5.32 Å². The molecule has 27 heavy (non-hydrogen) atoms. The lowest BCUT2D eigenvalue weighted by atomic mass is 10.2. The van der Waals surface area contributed by atoms with E-state index in [4.69, 9.17) is 21.1 Å². The summed E-state index contributed by atoms with van der Waals surface area (Å²) in [4.78, 5) is 16.3. The number of thiazole rings is 1. The number of aromatic nitrogens is 1. The summed E-state index contributed by atoms with van der Waals surface area (Å²) in [6.07, 6.45) is -0.555. The summed E-state index contributed by atoms with van der Waals surface area (Å²) in [5.74, 6) is 0.484. The lowest BCUT2D eigenvalue weighted by molar-refractivity contribution is 0.0636. The van der Waals surface area contributed by atoms with E-state index in [1.165, 1.54) is 11.3 Å². The first kappa shape index (κ1) is 21.0. The Balaban J connectivity index is 0.00000126. The van der Waals surface area contributed by atoms with Gasteiger partial charge in [0.15, 0.2) is 0 Å². The first-order valence-electron chi connectivity index (χ1n) is 8.62. The van der Waals surface area contributed by atoms with Crippen molar-refractivity contribution in [1.82, 2.24) is 4.98 Å². The van der Waals surface area contributed by atoms with E-state index in [0.29, 0.717) is 21.7 Å². The second-order valence-corrected chi connectivity index (χ2v) is 7.78. The topological polar surface area (TPSA) is 60.5 Å². The number of halogens is 1. The minimum atomic E-state index is -0.580. The number of carbonyl (C=O) groups is 1. The van der Waals surface area contributed by atoms with E-state index in [1.54, 1.807) is 39.0 Å². The van der Waals surface area contributed by atoms with Gasteiger partial charge in [0, 0.05) is 16.8 Å². The quantitative estimate of drug-likeness (QED) is 0.503. The Morgan fingerprint density at radius 2 is 1.85 bits per heavy atom. The number of benzene rings is 2. The van der Waals surface area contributed by atoms with Crippen LogP contribution in [0.15, 0.2) is 42.5 Å². The molecule has 0 fully saturated rings. The average molecular weight is 407 g/mol. The minimum absolute atomic E-state index is 0.435. The van der Waals surface area contributed by atoms with E-state index in [1.807, 2.05) is 38.1 Å². The number of amides is 1. The normalized spacial score (nSPS) is 10.7. The highest BCUT2D eigenvalue weighted by atomic mass is 35.5. The highest BCUT2D eigenvalue weighted by Crippen LogP contribution is 2.33. The zero-order valence-electron chi connectivity index (χ0n) is 16.0. The van der Waals surface area contributed by atoms with E-state index in [0.717, 1.165) is 10.2 Å². The zero-order valence-corrected chi connectivity index (χ0v) is 17.6. The van der Waals surface area contributed by atoms with Gasteiger partial charge in [-0.2, -0.15) is 0 Å². The number of ether oxygens (including phenoxy) is 2. The third-order valence-corrected chi connectivity index (χ3v) is 4.13. The van der Waals surface area contributed by atoms with Crippen LogP contribution in [-0.2, 0) is 4.74 Å². The Kier molecular flexibility index (Phi) is 7.05. The number of para-hydroxylation sites is 1. The van der Waals surface area contributed by atoms with Crippen LogP contribution in [0.3, 0.4) is 0 Å². The molecule has 0 saturated carbocycles. The predicted molar refractivity (Wildman–Crippen MR) is 112 cm³/mol. The third kappa shape index (κ3) is 6.41. The molecule has 0 aliphatic rings. The van der Waals surface area contributed by atoms with Gasteiger partial charge < -0.3 is 9.47 Å². The molecule has 1 heterocycles. The predicted octanol–water partition coefficient (Wildman–Crippen LogP) is 7.12. The van der Waals surface area contributed by atoms with Crippen LogP contribution in [0.4, 0.5) is 10.5 Å². The van der Waals surface area contributed by atoms with Gasteiger partial charge in [-0.15, -0.1) is 0 Å². The summed E-state index contributed by atoms with van der Waals surface area (Å²) >= 11 is 7.56. The molecule has 1 N–H and O–H groups in total. The Bertz CT molecular complexity index is 886. The molecule has 0 atom stereocenters. The van der Waals surface area contributed by atoms with Gasteiger partial charge in [0.2, 0.25) is 0 Å². The lowest BCUT2D eigenvalue weighted by Gasteiger charge is -2.19. The molecular weight excluding hydrogens is 384 g/mol. The van der Waals surface area contributed by atoms with Crippen molar-refractivity contribution in [3.05, 3.63) is 47.5 Å². The molecule has 2 aromatic carbocycles. The molecule has 0 aliphatic heterocycles. The molecule has 0 saturated heterocycles. The van der Waals surface area contributed by atoms with Gasteiger partial charge in [-0.25, -0.2) is 9.78 Å². The molecule has 3 rings (SSSR count). The van der Waals surface area contributed by atoms with Crippen LogP contribution < -0.4 is 10.1 Å². The summed E-state index contributed by atoms with van der Waals surface area (Å²) in [6.45, 7) is 9.39. The molecule has 5 nitrogen and oxygen atoms in total. The molecule has 7 heteroatoms. The Hall–Kier alpha value is -2.31. The van der Waals surface area contributed by atoms with Gasteiger partial charge in [-0.1, -0.05) is 48.9 Å². The standard InChI is InChI=1S/C18H17ClN2O3S.C2H6/c1-18(2,3)24-16(22)20-12-8-11(19)9-13(10-12)23-17-21-14-6-4-5-7-15(14)25-17;1-2/h4-10H,1-3H3,(H,20,22);1-2H3. The van der Waals surface area contributed by atoms with Crippen LogP contribution in [0.5, 0.6) is 10.9 Å². The number of nitrogens with one attached hydrogen (secondary N) is 1. The molecular formula is C20H23ClN2O3S. The van der Waals surface area contributed by atoms with Crippen molar-refractivity contribution in [3.8, 4) is 10.9 Å². The van der Waals surface area contributed by atoms with Crippen molar-refractivity contribution < 1.29 is 14.3 Å². The van der Waals surface area contributed by atoms with Crippen LogP contribution in [-0.4, -0.2) is 16.7 Å². The van der Waals surface area contributed by atoms with E-state index in [-0.39, 0.29) is 0 Å². The summed E-state index contributed by atoms with van der Waals surface area (Å²) < 4.78 is 12.1. The Morgan fingerprint density at radius 1 is 1.15 bits per heavy atom. The molecule has 0 radical (unpaired) electrons. The van der Waals surface area contributed by atoms with Crippen molar-refractivity contribution in [2.45, 2.75) is 40.2 Å². The summed E-state index contributed by atoms with van der Waals surface area (Å²) in [5.41, 5.74) is 0.776. The van der Waals surface area contributed by atoms with Crippen molar-refractivity contribution in [3.63, 3.8) is 0 Å². The van der Waals surface area contributed by atoms with Gasteiger partial charge in [0.05, 0.1) is 10.2 Å². The number of hydrogen-bond acceptors (Lipinski definition) is 5. The minimum Gasteiger partial charge on any atom is -0.444 e. The molecule has 144 valence electrons. The molecule has 0 unspecified atom stereocenters. The van der Waals surface area contributed by atoms with Crippen molar-refractivity contribution in [2.24, 2.45) is 0 Å². The van der Waals surface area contributed by atoms with Crippen molar-refractivity contribution in [2.75, 3.05) is 5.32 Å². The van der Waals surface area contributed by atoms with Crippen LogP contribution >= 0.6 is 22.9 Å². The number of anilines is 1. The monoisotopic (exact) mass is 406 g/mol. The van der Waals surface area contributed by atoms with Crippen LogP contribution in [0.2, 0.25) is 5.02 Å². The van der Waals surface area contributed by atoms with Crippen molar-refractivity contribution in [1.29, 1.82) is 0 Å². The fourth-order valence-corrected chi connectivity index (χ4v) is 3.17. The Morgan fingerprint density at radius 3 is 2.52 bits per heavy atom. The third-order valence-electron chi connectivity index (χ3n) is 3.00. The SMILES string of the molecule is CC.CC(C)(C)OC(=O)Nc1cc(Cl)cc(Oc2nc3ccccc3s2)c1. The zero-order chi connectivity index (χ0) is 20.0. The maximum atomic E-state index is 11.9. The first-order chi connectivity index (χ1) is 12.8. The van der Waals surface area contributed by atoms with Gasteiger partial charge in [0.1, 0.15) is 11.4 Å². The van der Waals surface area contributed by atoms with Gasteiger partial charge >= 0.3 is 6.09 Å². The summed E-state index contributed by atoms with van der Waals surface area (Å²) in [7, 11) is 0. The number of nitrogens with zero attached hydrogens (tertiary/aromatic N) is 1. The van der Waals surface area contributed by atoms with E-state index in [2.05, 4.69) is 10.3 Å². The van der Waals surface area contributed by atoms with E-state index in [9.17, 15) is 4.79 Å². The summed E-state index contributed by atoms with van der Waals surface area (Å²) in [6, 6.07) is 12.7. The molecule has 3 aromatic rings. The maximum Gasteiger partial charge on any atom is 0.412 e. The van der Waals surface area contributed by atoms with Gasteiger partial charge in [-0.05, 0) is 45.0 Å². The number of hydrogen-bond donors (Lipinski definition) is 1. The molecule has 0 spiro atoms. The number of fused-ring (bicyclic) bond motifs is 1.